The average Bonchev–Trinajstić information content (AvgIpc) is 3.09. The Morgan fingerprint density at radius 1 is 1.25 bits per heavy atom. The molecule has 1 saturated carbocycles. The van der Waals surface area contributed by atoms with Crippen LogP contribution in [-0.2, 0) is 10.2 Å². The zero-order valence-electron chi connectivity index (χ0n) is 14.3. The van der Waals surface area contributed by atoms with Crippen LogP contribution in [0.25, 0.3) is 0 Å². The summed E-state index contributed by atoms with van der Waals surface area (Å²) in [5.74, 6) is 0.686. The normalized spacial score (nSPS) is 15.9. The van der Waals surface area contributed by atoms with Gasteiger partial charge in [-0.15, -0.1) is 0 Å². The number of rotatable bonds is 5. The maximum Gasteiger partial charge on any atom is 0.235 e. The molecule has 1 aliphatic carbocycles. The van der Waals surface area contributed by atoms with Gasteiger partial charge in [-0.05, 0) is 38.3 Å². The fourth-order valence-corrected chi connectivity index (χ4v) is 3.55. The number of aromatic nitrogens is 1. The molecule has 126 valence electrons. The third-order valence-corrected chi connectivity index (χ3v) is 4.79. The molecule has 1 N–H and O–H groups in total. The monoisotopic (exact) mass is 324 g/mol. The molecule has 0 radical (unpaired) electrons. The van der Waals surface area contributed by atoms with Crippen molar-refractivity contribution in [1.29, 1.82) is 0 Å². The second-order valence-corrected chi connectivity index (χ2v) is 6.39. The summed E-state index contributed by atoms with van der Waals surface area (Å²) in [6, 6.07) is 12.0. The van der Waals surface area contributed by atoms with Gasteiger partial charge in [-0.3, -0.25) is 4.79 Å². The molecule has 4 nitrogen and oxygen atoms in total. The van der Waals surface area contributed by atoms with Gasteiger partial charge in [-0.2, -0.15) is 0 Å². The number of nitrogens with zero attached hydrogens (tertiary/aromatic N) is 1. The molecule has 1 fully saturated rings. The first-order chi connectivity index (χ1) is 11.7. The number of benzene rings is 1. The molecule has 3 rings (SSSR count). The Hall–Kier alpha value is -2.36. The summed E-state index contributed by atoms with van der Waals surface area (Å²) in [5, 5.41) is 3.08. The molecule has 4 heteroatoms. The largest absolute Gasteiger partial charge is 0.478 e. The lowest BCUT2D eigenvalue weighted by molar-refractivity contribution is -0.121. The molecular weight excluding hydrogens is 300 g/mol. The van der Waals surface area contributed by atoms with Gasteiger partial charge >= 0.3 is 0 Å². The van der Waals surface area contributed by atoms with Crippen molar-refractivity contribution < 1.29 is 9.53 Å². The predicted octanol–water partition coefficient (Wildman–Crippen LogP) is 4.24. The molecule has 1 aromatic heterocycles. The van der Waals surface area contributed by atoms with Crippen molar-refractivity contribution in [2.75, 3.05) is 11.9 Å². The maximum atomic E-state index is 13.1. The van der Waals surface area contributed by atoms with E-state index in [2.05, 4.69) is 22.4 Å². The molecule has 0 aliphatic heterocycles. The molecule has 0 saturated heterocycles. The Morgan fingerprint density at radius 2 is 1.96 bits per heavy atom. The second-order valence-electron chi connectivity index (χ2n) is 6.39. The summed E-state index contributed by atoms with van der Waals surface area (Å²) in [5.41, 5.74) is 2.34. The van der Waals surface area contributed by atoms with E-state index < -0.39 is 5.41 Å². The highest BCUT2D eigenvalue weighted by Crippen LogP contribution is 2.42. The van der Waals surface area contributed by atoms with E-state index in [9.17, 15) is 4.79 Å². The van der Waals surface area contributed by atoms with Gasteiger partial charge in [0, 0.05) is 5.56 Å². The maximum absolute atomic E-state index is 13.1. The lowest BCUT2D eigenvalue weighted by Crippen LogP contribution is -2.38. The van der Waals surface area contributed by atoms with E-state index in [1.807, 2.05) is 38.1 Å². The van der Waals surface area contributed by atoms with E-state index >= 15 is 0 Å². The smallest absolute Gasteiger partial charge is 0.235 e. The lowest BCUT2D eigenvalue weighted by atomic mass is 9.78. The van der Waals surface area contributed by atoms with Gasteiger partial charge in [-0.1, -0.05) is 43.2 Å². The highest BCUT2D eigenvalue weighted by molar-refractivity contribution is 5.99. The molecule has 1 aliphatic rings. The Kier molecular flexibility index (Phi) is 4.84. The third-order valence-electron chi connectivity index (χ3n) is 4.79. The summed E-state index contributed by atoms with van der Waals surface area (Å²) in [4.78, 5) is 17.4. The van der Waals surface area contributed by atoms with Crippen LogP contribution < -0.4 is 10.1 Å². The second kappa shape index (κ2) is 7.04. The molecule has 0 bridgehead atoms. The highest BCUT2D eigenvalue weighted by atomic mass is 16.5. The van der Waals surface area contributed by atoms with Crippen molar-refractivity contribution >= 4 is 11.6 Å². The average molecular weight is 324 g/mol. The van der Waals surface area contributed by atoms with Crippen LogP contribution in [0.4, 0.5) is 5.69 Å². The van der Waals surface area contributed by atoms with Gasteiger partial charge in [0.15, 0.2) is 0 Å². The van der Waals surface area contributed by atoms with Gasteiger partial charge in [0.05, 0.1) is 23.9 Å². The minimum absolute atomic E-state index is 0.0663. The molecule has 0 atom stereocenters. The zero-order valence-corrected chi connectivity index (χ0v) is 14.3. The molecule has 1 heterocycles. The van der Waals surface area contributed by atoms with E-state index in [1.54, 1.807) is 6.20 Å². The van der Waals surface area contributed by atoms with Crippen LogP contribution >= 0.6 is 0 Å². The molecule has 1 amide bonds. The first-order valence-corrected chi connectivity index (χ1v) is 8.62. The van der Waals surface area contributed by atoms with Crippen molar-refractivity contribution in [3.63, 3.8) is 0 Å². The van der Waals surface area contributed by atoms with Crippen LogP contribution in [0, 0.1) is 6.92 Å². The molecule has 2 aromatic rings. The number of nitrogens with one attached hydrogen (secondary N) is 1. The van der Waals surface area contributed by atoms with Gasteiger partial charge in [0.25, 0.3) is 0 Å². The van der Waals surface area contributed by atoms with E-state index in [-0.39, 0.29) is 5.91 Å². The number of anilines is 1. The number of amides is 1. The van der Waals surface area contributed by atoms with Crippen LogP contribution in [-0.4, -0.2) is 17.5 Å². The van der Waals surface area contributed by atoms with Crippen molar-refractivity contribution in [2.24, 2.45) is 0 Å². The first kappa shape index (κ1) is 16.5. The Morgan fingerprint density at radius 3 is 2.58 bits per heavy atom. The molecule has 0 unspecified atom stereocenters. The quantitative estimate of drug-likeness (QED) is 0.895. The number of hydrogen-bond donors (Lipinski definition) is 1. The predicted molar refractivity (Wildman–Crippen MR) is 95.4 cm³/mol. The standard InChI is InChI=1S/C20H24N2O2/c1-3-24-18-15(2)13-17(14-21-18)22-19(23)20(11-7-8-12-20)16-9-5-4-6-10-16/h4-6,9-10,13-14H,3,7-8,11-12H2,1-2H3,(H,22,23). The van der Waals surface area contributed by atoms with E-state index in [1.165, 1.54) is 0 Å². The van der Waals surface area contributed by atoms with E-state index in [0.29, 0.717) is 12.5 Å². The van der Waals surface area contributed by atoms with Crippen LogP contribution in [0.1, 0.15) is 43.7 Å². The Labute approximate surface area is 143 Å². The highest BCUT2D eigenvalue weighted by Gasteiger charge is 2.42. The summed E-state index contributed by atoms with van der Waals surface area (Å²) < 4.78 is 5.46. The van der Waals surface area contributed by atoms with Gasteiger partial charge < -0.3 is 10.1 Å². The number of carbonyl (C=O) groups is 1. The fourth-order valence-electron chi connectivity index (χ4n) is 3.55. The summed E-state index contributed by atoms with van der Waals surface area (Å²) in [6.45, 7) is 4.45. The zero-order chi connectivity index (χ0) is 17.0. The van der Waals surface area contributed by atoms with Crippen LogP contribution in [0.15, 0.2) is 42.6 Å². The van der Waals surface area contributed by atoms with Crippen molar-refractivity contribution in [2.45, 2.75) is 44.9 Å². The topological polar surface area (TPSA) is 51.2 Å². The number of aryl methyl sites for hydroxylation is 1. The number of ether oxygens (including phenoxy) is 1. The third kappa shape index (κ3) is 3.14. The molecular formula is C20H24N2O2. The summed E-state index contributed by atoms with van der Waals surface area (Å²) in [6.07, 6.45) is 5.63. The van der Waals surface area contributed by atoms with E-state index in [4.69, 9.17) is 4.74 Å². The van der Waals surface area contributed by atoms with Crippen molar-refractivity contribution in [3.05, 3.63) is 53.7 Å². The van der Waals surface area contributed by atoms with Gasteiger partial charge in [-0.25, -0.2) is 4.98 Å². The lowest BCUT2D eigenvalue weighted by Gasteiger charge is -2.28. The Bertz CT molecular complexity index is 707. The molecule has 24 heavy (non-hydrogen) atoms. The molecule has 0 spiro atoms. The Balaban J connectivity index is 1.84. The SMILES string of the molecule is CCOc1ncc(NC(=O)C2(c3ccccc3)CCCC2)cc1C. The van der Waals surface area contributed by atoms with Gasteiger partial charge in [0.1, 0.15) is 0 Å². The first-order valence-electron chi connectivity index (χ1n) is 8.62. The molecule has 1 aromatic carbocycles. The fraction of sp³-hybridized carbons (Fsp3) is 0.400. The number of hydrogen-bond acceptors (Lipinski definition) is 3. The minimum Gasteiger partial charge on any atom is -0.478 e. The summed E-state index contributed by atoms with van der Waals surface area (Å²) in [7, 11) is 0. The number of carbonyl (C=O) groups excluding carboxylic acids is 1. The number of pyridine rings is 1. The van der Waals surface area contributed by atoms with Crippen LogP contribution in [0.3, 0.4) is 0 Å². The van der Waals surface area contributed by atoms with Crippen molar-refractivity contribution in [1.82, 2.24) is 4.98 Å². The van der Waals surface area contributed by atoms with Crippen LogP contribution in [0.2, 0.25) is 0 Å². The van der Waals surface area contributed by atoms with Crippen molar-refractivity contribution in [3.8, 4) is 5.88 Å². The van der Waals surface area contributed by atoms with E-state index in [0.717, 1.165) is 42.5 Å². The van der Waals surface area contributed by atoms with Crippen LogP contribution in [0.5, 0.6) is 5.88 Å². The van der Waals surface area contributed by atoms with Gasteiger partial charge in [0.2, 0.25) is 11.8 Å². The minimum atomic E-state index is -0.423. The summed E-state index contributed by atoms with van der Waals surface area (Å²) >= 11 is 0.